The summed E-state index contributed by atoms with van der Waals surface area (Å²) in [5.74, 6) is -1.93. The van der Waals surface area contributed by atoms with E-state index in [0.29, 0.717) is 18.5 Å². The van der Waals surface area contributed by atoms with E-state index in [0.717, 1.165) is 6.42 Å². The van der Waals surface area contributed by atoms with E-state index in [1.54, 1.807) is 38.7 Å². The van der Waals surface area contributed by atoms with Crippen molar-refractivity contribution in [1.82, 2.24) is 10.2 Å². The van der Waals surface area contributed by atoms with Crippen molar-refractivity contribution in [3.63, 3.8) is 0 Å². The summed E-state index contributed by atoms with van der Waals surface area (Å²) in [4.78, 5) is 49.6. The minimum absolute atomic E-state index is 0.280. The van der Waals surface area contributed by atoms with Crippen molar-refractivity contribution in [2.75, 3.05) is 20.8 Å². The van der Waals surface area contributed by atoms with Gasteiger partial charge in [0.05, 0.1) is 26.7 Å². The molecule has 1 fully saturated rings. The molecule has 1 rings (SSSR count). The maximum Gasteiger partial charge on any atom is 0.410 e. The summed E-state index contributed by atoms with van der Waals surface area (Å²) >= 11 is 0. The summed E-state index contributed by atoms with van der Waals surface area (Å²) in [6, 6.07) is -1.43. The summed E-state index contributed by atoms with van der Waals surface area (Å²) in [5.41, 5.74) is -0.290. The number of esters is 2. The molecule has 2 atom stereocenters. The number of hydrogen-bond acceptors (Lipinski definition) is 7. The van der Waals surface area contributed by atoms with E-state index in [4.69, 9.17) is 4.74 Å². The number of rotatable bonds is 6. The van der Waals surface area contributed by atoms with Gasteiger partial charge in [0, 0.05) is 12.1 Å². The number of nitrogens with one attached hydrogen (secondary N) is 1. The molecular formula is C19H30N2O7. The third kappa shape index (κ3) is 7.21. The van der Waals surface area contributed by atoms with E-state index < -0.39 is 35.6 Å². The molecule has 0 aromatic heterocycles. The fraction of sp³-hybridized carbons (Fsp3) is 0.684. The van der Waals surface area contributed by atoms with Gasteiger partial charge >= 0.3 is 18.0 Å². The van der Waals surface area contributed by atoms with Gasteiger partial charge in [0.15, 0.2) is 0 Å². The predicted octanol–water partition coefficient (Wildman–Crippen LogP) is 1.55. The van der Waals surface area contributed by atoms with Crippen LogP contribution < -0.4 is 5.32 Å². The highest BCUT2D eigenvalue weighted by atomic mass is 16.6. The Morgan fingerprint density at radius 2 is 1.82 bits per heavy atom. The molecule has 2 unspecified atom stereocenters. The van der Waals surface area contributed by atoms with Crippen LogP contribution in [0.3, 0.4) is 0 Å². The van der Waals surface area contributed by atoms with Crippen molar-refractivity contribution in [3.8, 4) is 0 Å². The summed E-state index contributed by atoms with van der Waals surface area (Å²) in [7, 11) is 2.35. The maximum atomic E-state index is 12.5. The molecule has 0 aromatic carbocycles. The fourth-order valence-electron chi connectivity index (χ4n) is 2.73. The van der Waals surface area contributed by atoms with Crippen molar-refractivity contribution in [2.45, 2.75) is 64.6 Å². The average molecular weight is 398 g/mol. The molecule has 1 aliphatic rings. The Bertz CT molecular complexity index is 637. The second-order valence-electron chi connectivity index (χ2n) is 7.56. The third-order valence-electron chi connectivity index (χ3n) is 4.12. The van der Waals surface area contributed by atoms with Crippen LogP contribution in [0.4, 0.5) is 4.79 Å². The lowest BCUT2D eigenvalue weighted by Crippen LogP contribution is -2.44. The first-order valence-corrected chi connectivity index (χ1v) is 9.12. The molecular weight excluding hydrogens is 368 g/mol. The molecule has 0 spiro atoms. The molecule has 28 heavy (non-hydrogen) atoms. The molecule has 1 saturated heterocycles. The Kier molecular flexibility index (Phi) is 8.46. The molecule has 0 aromatic rings. The van der Waals surface area contributed by atoms with Crippen LogP contribution in [-0.4, -0.2) is 67.3 Å². The second kappa shape index (κ2) is 10.1. The van der Waals surface area contributed by atoms with Crippen LogP contribution in [0.2, 0.25) is 0 Å². The Morgan fingerprint density at radius 3 is 2.36 bits per heavy atom. The highest BCUT2D eigenvalue weighted by Gasteiger charge is 2.32. The number of carbonyl (C=O) groups is 4. The van der Waals surface area contributed by atoms with Crippen LogP contribution in [0.5, 0.6) is 0 Å². The summed E-state index contributed by atoms with van der Waals surface area (Å²) < 4.78 is 14.6. The molecule has 0 saturated carbocycles. The maximum absolute atomic E-state index is 12.5. The minimum atomic E-state index is -1.15. The lowest BCUT2D eigenvalue weighted by atomic mass is 10.1. The monoisotopic (exact) mass is 398 g/mol. The Balaban J connectivity index is 2.83. The van der Waals surface area contributed by atoms with Gasteiger partial charge in [-0.2, -0.15) is 0 Å². The molecule has 2 amide bonds. The van der Waals surface area contributed by atoms with E-state index in [-0.39, 0.29) is 12.5 Å². The number of ether oxygens (including phenoxy) is 3. The normalized spacial score (nSPS) is 18.3. The molecule has 1 aliphatic heterocycles. The first-order valence-electron chi connectivity index (χ1n) is 9.12. The standard InChI is InChI=1S/C19H30N2O7/c1-12(16(23)20-14(17(24)27-6)11-15(22)26-5)10-13-8-7-9-21(13)18(25)28-19(2,3)4/h10,13-14H,7-9,11H2,1-6H3,(H,20,23)/b12-10+. The van der Waals surface area contributed by atoms with Gasteiger partial charge in [0.2, 0.25) is 5.91 Å². The first kappa shape index (κ1) is 23.5. The molecule has 0 radical (unpaired) electrons. The van der Waals surface area contributed by atoms with Gasteiger partial charge in [-0.3, -0.25) is 9.59 Å². The van der Waals surface area contributed by atoms with Crippen molar-refractivity contribution in [3.05, 3.63) is 11.6 Å². The van der Waals surface area contributed by atoms with Gasteiger partial charge in [-0.25, -0.2) is 9.59 Å². The summed E-state index contributed by atoms with van der Waals surface area (Å²) in [5, 5.41) is 2.47. The molecule has 1 N–H and O–H groups in total. The Labute approximate surface area is 165 Å². The molecule has 0 aliphatic carbocycles. The first-order chi connectivity index (χ1) is 13.0. The predicted molar refractivity (Wildman–Crippen MR) is 100 cm³/mol. The van der Waals surface area contributed by atoms with E-state index in [1.807, 2.05) is 0 Å². The van der Waals surface area contributed by atoms with Crippen molar-refractivity contribution >= 4 is 23.9 Å². The van der Waals surface area contributed by atoms with Crippen LogP contribution in [-0.2, 0) is 28.6 Å². The summed E-state index contributed by atoms with van der Waals surface area (Å²) in [6.45, 7) is 7.49. The SMILES string of the molecule is COC(=O)CC(NC(=O)/C(C)=C/C1CCCN1C(=O)OC(C)(C)C)C(=O)OC. The van der Waals surface area contributed by atoms with Gasteiger partial charge in [0.25, 0.3) is 0 Å². The largest absolute Gasteiger partial charge is 0.469 e. The number of likely N-dealkylation sites (tertiary alicyclic amines) is 1. The van der Waals surface area contributed by atoms with Gasteiger partial charge in [0.1, 0.15) is 11.6 Å². The topological polar surface area (TPSA) is 111 Å². The Hall–Kier alpha value is -2.58. The Morgan fingerprint density at radius 1 is 1.18 bits per heavy atom. The number of carbonyl (C=O) groups excluding carboxylic acids is 4. The van der Waals surface area contributed by atoms with Crippen molar-refractivity contribution in [1.29, 1.82) is 0 Å². The highest BCUT2D eigenvalue weighted by Crippen LogP contribution is 2.22. The fourth-order valence-corrected chi connectivity index (χ4v) is 2.73. The number of hydrogen-bond donors (Lipinski definition) is 1. The van der Waals surface area contributed by atoms with E-state index in [9.17, 15) is 19.2 Å². The molecule has 0 bridgehead atoms. The second-order valence-corrected chi connectivity index (χ2v) is 7.56. The van der Waals surface area contributed by atoms with Crippen LogP contribution in [0.15, 0.2) is 11.6 Å². The lowest BCUT2D eigenvalue weighted by Gasteiger charge is -2.27. The summed E-state index contributed by atoms with van der Waals surface area (Å²) in [6.07, 6.45) is 2.39. The highest BCUT2D eigenvalue weighted by molar-refractivity contribution is 5.96. The number of amides is 2. The van der Waals surface area contributed by atoms with Crippen LogP contribution >= 0.6 is 0 Å². The van der Waals surface area contributed by atoms with Gasteiger partial charge in [-0.05, 0) is 40.5 Å². The van der Waals surface area contributed by atoms with Crippen molar-refractivity contribution in [2.24, 2.45) is 0 Å². The third-order valence-corrected chi connectivity index (χ3v) is 4.12. The van der Waals surface area contributed by atoms with E-state index in [1.165, 1.54) is 14.2 Å². The van der Waals surface area contributed by atoms with Gasteiger partial charge < -0.3 is 24.4 Å². The quantitative estimate of drug-likeness (QED) is 0.410. The van der Waals surface area contributed by atoms with Gasteiger partial charge in [-0.15, -0.1) is 0 Å². The zero-order chi connectivity index (χ0) is 21.5. The van der Waals surface area contributed by atoms with Crippen molar-refractivity contribution < 1.29 is 33.4 Å². The van der Waals surface area contributed by atoms with Gasteiger partial charge in [-0.1, -0.05) is 6.08 Å². The van der Waals surface area contributed by atoms with Crippen LogP contribution in [0, 0.1) is 0 Å². The lowest BCUT2D eigenvalue weighted by molar-refractivity contribution is -0.150. The molecule has 9 heteroatoms. The zero-order valence-electron chi connectivity index (χ0n) is 17.4. The average Bonchev–Trinajstić information content (AvgIpc) is 3.06. The molecule has 1 heterocycles. The zero-order valence-corrected chi connectivity index (χ0v) is 17.4. The number of methoxy groups -OCH3 is 2. The minimum Gasteiger partial charge on any atom is -0.469 e. The van der Waals surface area contributed by atoms with Crippen LogP contribution in [0.25, 0.3) is 0 Å². The number of nitrogens with zero attached hydrogens (tertiary/aromatic N) is 1. The van der Waals surface area contributed by atoms with Crippen LogP contribution in [0.1, 0.15) is 47.0 Å². The van der Waals surface area contributed by atoms with E-state index in [2.05, 4.69) is 14.8 Å². The van der Waals surface area contributed by atoms with E-state index >= 15 is 0 Å². The molecule has 9 nitrogen and oxygen atoms in total. The smallest absolute Gasteiger partial charge is 0.410 e. The molecule has 158 valence electrons.